The molecule has 164 valence electrons. The van der Waals surface area contributed by atoms with Gasteiger partial charge in [-0.05, 0) is 42.8 Å². The summed E-state index contributed by atoms with van der Waals surface area (Å²) >= 11 is 0. The molecule has 0 aliphatic heterocycles. The molecule has 0 fully saturated rings. The summed E-state index contributed by atoms with van der Waals surface area (Å²) in [5.74, 6) is 1.81. The molecule has 1 atom stereocenters. The van der Waals surface area contributed by atoms with Crippen molar-refractivity contribution in [3.63, 3.8) is 0 Å². The highest BCUT2D eigenvalue weighted by Crippen LogP contribution is 2.32. The van der Waals surface area contributed by atoms with Gasteiger partial charge in [-0.15, -0.1) is 0 Å². The van der Waals surface area contributed by atoms with E-state index in [2.05, 4.69) is 15.5 Å². The molecule has 32 heavy (non-hydrogen) atoms. The second-order valence-electron chi connectivity index (χ2n) is 7.21. The lowest BCUT2D eigenvalue weighted by Gasteiger charge is -2.15. The summed E-state index contributed by atoms with van der Waals surface area (Å²) in [6, 6.07) is 18.8. The summed E-state index contributed by atoms with van der Waals surface area (Å²) in [5, 5.41) is 7.10. The third-order valence-electron chi connectivity index (χ3n) is 5.11. The van der Waals surface area contributed by atoms with Crippen LogP contribution in [0.1, 0.15) is 18.5 Å². The lowest BCUT2D eigenvalue weighted by Crippen LogP contribution is -2.30. The molecule has 2 aromatic carbocycles. The molecule has 8 nitrogen and oxygen atoms in total. The van der Waals surface area contributed by atoms with Crippen LogP contribution in [0.3, 0.4) is 0 Å². The second-order valence-corrected chi connectivity index (χ2v) is 7.21. The van der Waals surface area contributed by atoms with Crippen molar-refractivity contribution >= 4 is 5.91 Å². The molecular weight excluding hydrogens is 408 g/mol. The minimum atomic E-state index is -0.113. The first kappa shape index (κ1) is 21.2. The molecule has 0 aliphatic rings. The number of hydrogen-bond acceptors (Lipinski definition) is 6. The Morgan fingerprint density at radius 3 is 2.59 bits per heavy atom. The Bertz CT molecular complexity index is 1200. The molecule has 0 aliphatic carbocycles. The predicted molar refractivity (Wildman–Crippen MR) is 119 cm³/mol. The minimum absolute atomic E-state index is 0.0947. The van der Waals surface area contributed by atoms with Gasteiger partial charge in [-0.1, -0.05) is 35.5 Å². The zero-order valence-electron chi connectivity index (χ0n) is 18.1. The van der Waals surface area contributed by atoms with Gasteiger partial charge in [-0.25, -0.2) is 0 Å². The molecule has 2 heterocycles. The maximum absolute atomic E-state index is 12.6. The smallest absolute Gasteiger partial charge is 0.274 e. The maximum atomic E-state index is 12.6. The van der Waals surface area contributed by atoms with E-state index in [9.17, 15) is 4.79 Å². The van der Waals surface area contributed by atoms with E-state index in [0.717, 1.165) is 11.1 Å². The number of carbonyl (C=O) groups is 1. The number of rotatable bonds is 8. The molecule has 2 aromatic heterocycles. The van der Waals surface area contributed by atoms with Crippen molar-refractivity contribution in [2.45, 2.75) is 19.5 Å². The molecule has 0 saturated carbocycles. The standard InChI is InChI=1S/C24H24N4O4/c1-16(17-8-5-4-6-9-17)25-22(29)15-28-13-7-10-19(28)24-26-23(27-32-24)18-11-12-20(30-2)21(14-18)31-3/h4-14,16H,15H2,1-3H3,(H,25,29)/t16-/m0/s1. The molecule has 0 radical (unpaired) electrons. The number of hydrogen-bond donors (Lipinski definition) is 1. The van der Waals surface area contributed by atoms with Gasteiger partial charge in [0, 0.05) is 11.8 Å². The lowest BCUT2D eigenvalue weighted by atomic mass is 10.1. The summed E-state index contributed by atoms with van der Waals surface area (Å²) < 4.78 is 17.9. The highest BCUT2D eigenvalue weighted by atomic mass is 16.5. The Morgan fingerprint density at radius 1 is 1.06 bits per heavy atom. The van der Waals surface area contributed by atoms with E-state index in [0.29, 0.717) is 28.9 Å². The van der Waals surface area contributed by atoms with Gasteiger partial charge in [-0.3, -0.25) is 4.79 Å². The number of amides is 1. The Labute approximate surface area is 185 Å². The number of benzene rings is 2. The molecule has 4 rings (SSSR count). The third-order valence-corrected chi connectivity index (χ3v) is 5.11. The third kappa shape index (κ3) is 4.49. The normalized spacial score (nSPS) is 11.7. The fourth-order valence-corrected chi connectivity index (χ4v) is 3.43. The van der Waals surface area contributed by atoms with E-state index in [1.54, 1.807) is 30.9 Å². The van der Waals surface area contributed by atoms with Crippen molar-refractivity contribution in [1.29, 1.82) is 0 Å². The van der Waals surface area contributed by atoms with Crippen LogP contribution in [-0.2, 0) is 11.3 Å². The molecule has 0 unspecified atom stereocenters. The average molecular weight is 432 g/mol. The lowest BCUT2D eigenvalue weighted by molar-refractivity contribution is -0.122. The van der Waals surface area contributed by atoms with E-state index in [1.807, 2.05) is 61.7 Å². The number of carbonyl (C=O) groups excluding carboxylic acids is 1. The highest BCUT2D eigenvalue weighted by molar-refractivity contribution is 5.77. The molecule has 0 bridgehead atoms. The summed E-state index contributed by atoms with van der Waals surface area (Å²) in [6.45, 7) is 2.09. The molecular formula is C24H24N4O4. The first-order valence-corrected chi connectivity index (χ1v) is 10.1. The van der Waals surface area contributed by atoms with Crippen LogP contribution in [0, 0.1) is 0 Å². The summed E-state index contributed by atoms with van der Waals surface area (Å²) in [5.41, 5.74) is 2.43. The second kappa shape index (κ2) is 9.38. The zero-order valence-corrected chi connectivity index (χ0v) is 18.1. The molecule has 1 N–H and O–H groups in total. The topological polar surface area (TPSA) is 91.4 Å². The fraction of sp³-hybridized carbons (Fsp3) is 0.208. The molecule has 0 saturated heterocycles. The van der Waals surface area contributed by atoms with Crippen LogP contribution >= 0.6 is 0 Å². The van der Waals surface area contributed by atoms with Crippen molar-refractivity contribution < 1.29 is 18.8 Å². The summed E-state index contributed by atoms with van der Waals surface area (Å²) in [4.78, 5) is 17.1. The summed E-state index contributed by atoms with van der Waals surface area (Å²) in [7, 11) is 3.15. The van der Waals surface area contributed by atoms with Gasteiger partial charge in [0.05, 0.1) is 20.3 Å². The number of methoxy groups -OCH3 is 2. The van der Waals surface area contributed by atoms with E-state index < -0.39 is 0 Å². The van der Waals surface area contributed by atoms with Gasteiger partial charge in [0.25, 0.3) is 5.89 Å². The van der Waals surface area contributed by atoms with E-state index in [4.69, 9.17) is 14.0 Å². The van der Waals surface area contributed by atoms with Crippen LogP contribution in [0.25, 0.3) is 23.0 Å². The van der Waals surface area contributed by atoms with Crippen molar-refractivity contribution in [2.75, 3.05) is 14.2 Å². The largest absolute Gasteiger partial charge is 0.493 e. The first-order valence-electron chi connectivity index (χ1n) is 10.1. The minimum Gasteiger partial charge on any atom is -0.493 e. The maximum Gasteiger partial charge on any atom is 0.274 e. The van der Waals surface area contributed by atoms with Gasteiger partial charge < -0.3 is 23.9 Å². The van der Waals surface area contributed by atoms with Crippen LogP contribution < -0.4 is 14.8 Å². The molecule has 4 aromatic rings. The molecule has 1 amide bonds. The summed E-state index contributed by atoms with van der Waals surface area (Å²) in [6.07, 6.45) is 1.81. The predicted octanol–water partition coefficient (Wildman–Crippen LogP) is 4.10. The Balaban J connectivity index is 1.49. The highest BCUT2D eigenvalue weighted by Gasteiger charge is 2.17. The molecule has 8 heteroatoms. The van der Waals surface area contributed by atoms with Crippen LogP contribution in [0.5, 0.6) is 11.5 Å². The van der Waals surface area contributed by atoms with E-state index in [-0.39, 0.29) is 18.5 Å². The van der Waals surface area contributed by atoms with Crippen molar-refractivity contribution in [1.82, 2.24) is 20.0 Å². The number of nitrogens with zero attached hydrogens (tertiary/aromatic N) is 3. The van der Waals surface area contributed by atoms with Gasteiger partial charge in [-0.2, -0.15) is 4.98 Å². The average Bonchev–Trinajstić information content (AvgIpc) is 3.48. The first-order chi connectivity index (χ1) is 15.6. The Hall–Kier alpha value is -4.07. The van der Waals surface area contributed by atoms with E-state index in [1.165, 1.54) is 0 Å². The van der Waals surface area contributed by atoms with Crippen LogP contribution in [0.15, 0.2) is 71.4 Å². The van der Waals surface area contributed by atoms with Crippen LogP contribution in [0.2, 0.25) is 0 Å². The monoisotopic (exact) mass is 432 g/mol. The van der Waals surface area contributed by atoms with Gasteiger partial charge in [0.1, 0.15) is 12.2 Å². The number of aromatic nitrogens is 3. The van der Waals surface area contributed by atoms with Crippen LogP contribution in [0.4, 0.5) is 0 Å². The molecule has 0 spiro atoms. The van der Waals surface area contributed by atoms with Crippen LogP contribution in [-0.4, -0.2) is 34.8 Å². The SMILES string of the molecule is COc1ccc(-c2noc(-c3cccn3CC(=O)N[C@@H](C)c3ccccc3)n2)cc1OC. The Morgan fingerprint density at radius 2 is 1.84 bits per heavy atom. The fourth-order valence-electron chi connectivity index (χ4n) is 3.43. The number of nitrogens with one attached hydrogen (secondary N) is 1. The van der Waals surface area contributed by atoms with Crippen molar-refractivity contribution in [3.05, 3.63) is 72.4 Å². The Kier molecular flexibility index (Phi) is 6.21. The van der Waals surface area contributed by atoms with E-state index >= 15 is 0 Å². The van der Waals surface area contributed by atoms with Crippen molar-refractivity contribution in [2.24, 2.45) is 0 Å². The zero-order chi connectivity index (χ0) is 22.5. The van der Waals surface area contributed by atoms with Gasteiger partial charge in [0.2, 0.25) is 11.7 Å². The number of ether oxygens (including phenoxy) is 2. The van der Waals surface area contributed by atoms with Crippen molar-refractivity contribution in [3.8, 4) is 34.5 Å². The van der Waals surface area contributed by atoms with Gasteiger partial charge >= 0.3 is 0 Å². The van der Waals surface area contributed by atoms with Gasteiger partial charge in [0.15, 0.2) is 11.5 Å². The quantitative estimate of drug-likeness (QED) is 0.451.